The lowest BCUT2D eigenvalue weighted by molar-refractivity contribution is 0.0149. The molecule has 0 aliphatic heterocycles. The Morgan fingerprint density at radius 3 is 2.70 bits per heavy atom. The molecule has 1 aromatic heterocycles. The summed E-state index contributed by atoms with van der Waals surface area (Å²) in [6, 6.07) is 9.35. The minimum Gasteiger partial charge on any atom is -0.455 e. The number of aromatic nitrogens is 2. The van der Waals surface area contributed by atoms with E-state index in [2.05, 4.69) is 9.72 Å². The van der Waals surface area contributed by atoms with Crippen LogP contribution in [0.5, 0.6) is 0 Å². The zero-order valence-electron chi connectivity index (χ0n) is 10.9. The normalized spacial score (nSPS) is 12.4. The third-order valence-corrected chi connectivity index (χ3v) is 2.91. The summed E-state index contributed by atoms with van der Waals surface area (Å²) in [5, 5.41) is 0. The van der Waals surface area contributed by atoms with Crippen LogP contribution in [0.15, 0.2) is 42.9 Å². The highest BCUT2D eigenvalue weighted by molar-refractivity contribution is 5.87. The van der Waals surface area contributed by atoms with Crippen LogP contribution < -0.4 is 0 Å². The minimum atomic E-state index is -2.68. The van der Waals surface area contributed by atoms with Gasteiger partial charge in [-0.15, -0.1) is 0 Å². The number of carbonyl (C=O) groups is 1. The smallest absolute Gasteiger partial charge is 0.356 e. The molecule has 106 valence electrons. The molecule has 6 heteroatoms. The molecule has 0 saturated carbocycles. The predicted molar refractivity (Wildman–Crippen MR) is 68.8 cm³/mol. The zero-order chi connectivity index (χ0) is 14.5. The third-order valence-electron chi connectivity index (χ3n) is 2.91. The number of imidazole rings is 1. The Kier molecular flexibility index (Phi) is 4.45. The summed E-state index contributed by atoms with van der Waals surface area (Å²) < 4.78 is 30.2. The van der Waals surface area contributed by atoms with Crippen LogP contribution in [-0.2, 0) is 4.74 Å². The molecular formula is C14H14F2N2O2. The van der Waals surface area contributed by atoms with Gasteiger partial charge in [-0.1, -0.05) is 30.3 Å². The largest absolute Gasteiger partial charge is 0.455 e. The fraction of sp³-hybridized carbons (Fsp3) is 0.286. The topological polar surface area (TPSA) is 44.1 Å². The second kappa shape index (κ2) is 6.27. The zero-order valence-corrected chi connectivity index (χ0v) is 10.9. The van der Waals surface area contributed by atoms with Gasteiger partial charge in [-0.25, -0.2) is 18.6 Å². The van der Waals surface area contributed by atoms with E-state index in [0.717, 1.165) is 5.56 Å². The molecule has 4 nitrogen and oxygen atoms in total. The number of ether oxygens (including phenoxy) is 1. The standard InChI is InChI=1S/C14H14F2N2O2/c1-10(11-5-3-2-4-6-11)18-9-17-7-12(18)14(19)20-8-13(15)16/h2-7,9-10,13H,8H2,1H3/t10-/m1/s1. The van der Waals surface area contributed by atoms with E-state index in [1.807, 2.05) is 37.3 Å². The maximum absolute atomic E-state index is 12.1. The fourth-order valence-electron chi connectivity index (χ4n) is 1.88. The van der Waals surface area contributed by atoms with Gasteiger partial charge in [0.1, 0.15) is 5.69 Å². The van der Waals surface area contributed by atoms with Crippen molar-refractivity contribution in [2.24, 2.45) is 0 Å². The molecule has 0 aliphatic carbocycles. The molecule has 0 saturated heterocycles. The number of hydrogen-bond donors (Lipinski definition) is 0. The maximum Gasteiger partial charge on any atom is 0.356 e. The summed E-state index contributed by atoms with van der Waals surface area (Å²) >= 11 is 0. The quantitative estimate of drug-likeness (QED) is 0.791. The molecule has 0 amide bonds. The molecule has 20 heavy (non-hydrogen) atoms. The van der Waals surface area contributed by atoms with Crippen LogP contribution in [0.1, 0.15) is 29.0 Å². The highest BCUT2D eigenvalue weighted by Crippen LogP contribution is 2.19. The molecule has 2 rings (SSSR count). The van der Waals surface area contributed by atoms with Crippen LogP contribution in [-0.4, -0.2) is 28.6 Å². The van der Waals surface area contributed by atoms with Crippen molar-refractivity contribution in [2.45, 2.75) is 19.4 Å². The van der Waals surface area contributed by atoms with E-state index in [0.29, 0.717) is 0 Å². The van der Waals surface area contributed by atoms with Crippen LogP contribution >= 0.6 is 0 Å². The third kappa shape index (κ3) is 3.20. The predicted octanol–water partition coefficient (Wildman–Crippen LogP) is 2.91. The summed E-state index contributed by atoms with van der Waals surface area (Å²) in [5.74, 6) is -0.800. The van der Waals surface area contributed by atoms with E-state index in [9.17, 15) is 13.6 Å². The van der Waals surface area contributed by atoms with Crippen molar-refractivity contribution in [1.82, 2.24) is 9.55 Å². The van der Waals surface area contributed by atoms with Gasteiger partial charge in [0.25, 0.3) is 6.43 Å². The SMILES string of the molecule is C[C@H](c1ccccc1)n1cncc1C(=O)OCC(F)F. The van der Waals surface area contributed by atoms with Gasteiger partial charge in [0.2, 0.25) is 0 Å². The van der Waals surface area contributed by atoms with Crippen LogP contribution in [0, 0.1) is 0 Å². The fourth-order valence-corrected chi connectivity index (χ4v) is 1.88. The molecule has 2 aromatic rings. The van der Waals surface area contributed by atoms with E-state index in [1.165, 1.54) is 12.5 Å². The molecule has 0 bridgehead atoms. The first kappa shape index (κ1) is 14.2. The van der Waals surface area contributed by atoms with E-state index < -0.39 is 19.0 Å². The Balaban J connectivity index is 2.18. The average molecular weight is 280 g/mol. The van der Waals surface area contributed by atoms with Crippen LogP contribution in [0.2, 0.25) is 0 Å². The highest BCUT2D eigenvalue weighted by Gasteiger charge is 2.19. The number of esters is 1. The second-order valence-electron chi connectivity index (χ2n) is 4.26. The first-order valence-electron chi connectivity index (χ1n) is 6.11. The van der Waals surface area contributed by atoms with Crippen molar-refractivity contribution in [2.75, 3.05) is 6.61 Å². The molecule has 0 aliphatic rings. The lowest BCUT2D eigenvalue weighted by Gasteiger charge is -2.16. The first-order chi connectivity index (χ1) is 9.59. The van der Waals surface area contributed by atoms with E-state index in [4.69, 9.17) is 0 Å². The number of nitrogens with zero attached hydrogens (tertiary/aromatic N) is 2. The first-order valence-corrected chi connectivity index (χ1v) is 6.11. The molecule has 1 atom stereocenters. The Morgan fingerprint density at radius 2 is 2.05 bits per heavy atom. The maximum atomic E-state index is 12.1. The molecule has 0 radical (unpaired) electrons. The molecule has 0 fully saturated rings. The number of halogens is 2. The molecule has 0 spiro atoms. The molecule has 0 unspecified atom stereocenters. The van der Waals surface area contributed by atoms with Gasteiger partial charge in [-0.3, -0.25) is 0 Å². The van der Waals surface area contributed by atoms with Gasteiger partial charge >= 0.3 is 5.97 Å². The van der Waals surface area contributed by atoms with Crippen molar-refractivity contribution < 1.29 is 18.3 Å². The Bertz CT molecular complexity index is 570. The van der Waals surface area contributed by atoms with Crippen molar-refractivity contribution in [3.05, 3.63) is 54.1 Å². The van der Waals surface area contributed by atoms with E-state index in [1.54, 1.807) is 4.57 Å². The van der Waals surface area contributed by atoms with Crippen molar-refractivity contribution in [3.63, 3.8) is 0 Å². The minimum absolute atomic E-state index is 0.146. The molecule has 1 heterocycles. The van der Waals surface area contributed by atoms with Crippen molar-refractivity contribution in [3.8, 4) is 0 Å². The highest BCUT2D eigenvalue weighted by atomic mass is 19.3. The monoisotopic (exact) mass is 280 g/mol. The number of alkyl halides is 2. The lowest BCUT2D eigenvalue weighted by atomic mass is 10.1. The van der Waals surface area contributed by atoms with Gasteiger partial charge in [0.15, 0.2) is 6.61 Å². The Labute approximate surface area is 115 Å². The second-order valence-corrected chi connectivity index (χ2v) is 4.26. The molecular weight excluding hydrogens is 266 g/mol. The average Bonchev–Trinajstić information content (AvgIpc) is 2.94. The van der Waals surface area contributed by atoms with E-state index >= 15 is 0 Å². The van der Waals surface area contributed by atoms with Crippen molar-refractivity contribution >= 4 is 5.97 Å². The van der Waals surface area contributed by atoms with Crippen LogP contribution in [0.3, 0.4) is 0 Å². The van der Waals surface area contributed by atoms with E-state index in [-0.39, 0.29) is 11.7 Å². The summed E-state index contributed by atoms with van der Waals surface area (Å²) in [5.41, 5.74) is 1.13. The Hall–Kier alpha value is -2.24. The summed E-state index contributed by atoms with van der Waals surface area (Å²) in [6.07, 6.45) is 0.117. The van der Waals surface area contributed by atoms with Crippen LogP contribution in [0.25, 0.3) is 0 Å². The number of benzene rings is 1. The summed E-state index contributed by atoms with van der Waals surface area (Å²) in [7, 11) is 0. The number of rotatable bonds is 5. The van der Waals surface area contributed by atoms with Gasteiger partial charge < -0.3 is 9.30 Å². The summed E-state index contributed by atoms with van der Waals surface area (Å²) in [6.45, 7) is 0.977. The number of hydrogen-bond acceptors (Lipinski definition) is 3. The van der Waals surface area contributed by atoms with Crippen molar-refractivity contribution in [1.29, 1.82) is 0 Å². The molecule has 1 aromatic carbocycles. The number of carbonyl (C=O) groups excluding carboxylic acids is 1. The van der Waals surface area contributed by atoms with Crippen LogP contribution in [0.4, 0.5) is 8.78 Å². The van der Waals surface area contributed by atoms with Gasteiger partial charge in [-0.05, 0) is 12.5 Å². The van der Waals surface area contributed by atoms with Gasteiger partial charge in [-0.2, -0.15) is 0 Å². The van der Waals surface area contributed by atoms with Gasteiger partial charge in [0.05, 0.1) is 18.6 Å². The Morgan fingerprint density at radius 1 is 1.35 bits per heavy atom. The molecule has 0 N–H and O–H groups in total. The lowest BCUT2D eigenvalue weighted by Crippen LogP contribution is -2.17. The van der Waals surface area contributed by atoms with Gasteiger partial charge in [0, 0.05) is 0 Å². The summed E-state index contributed by atoms with van der Waals surface area (Å²) in [4.78, 5) is 15.6.